The van der Waals surface area contributed by atoms with Crippen molar-refractivity contribution in [2.75, 3.05) is 20.3 Å². The van der Waals surface area contributed by atoms with Crippen LogP contribution in [0.15, 0.2) is 47.6 Å². The van der Waals surface area contributed by atoms with Gasteiger partial charge in [0.2, 0.25) is 5.91 Å². The van der Waals surface area contributed by atoms with Crippen molar-refractivity contribution < 1.29 is 19.1 Å². The molecule has 1 aliphatic rings. The van der Waals surface area contributed by atoms with Gasteiger partial charge in [0.15, 0.2) is 5.69 Å². The van der Waals surface area contributed by atoms with Crippen molar-refractivity contribution in [3.63, 3.8) is 0 Å². The highest BCUT2D eigenvalue weighted by molar-refractivity contribution is 5.91. The van der Waals surface area contributed by atoms with E-state index >= 15 is 0 Å². The van der Waals surface area contributed by atoms with Crippen molar-refractivity contribution >= 4 is 11.9 Å². The van der Waals surface area contributed by atoms with Crippen molar-refractivity contribution in [1.29, 1.82) is 0 Å². The number of nitrogens with one attached hydrogen (secondary N) is 1. The van der Waals surface area contributed by atoms with Gasteiger partial charge in [-0.25, -0.2) is 9.78 Å². The fourth-order valence-corrected chi connectivity index (χ4v) is 4.43. The molecule has 7 heteroatoms. The summed E-state index contributed by atoms with van der Waals surface area (Å²) in [5, 5.41) is 0. The van der Waals surface area contributed by atoms with Crippen LogP contribution in [0.3, 0.4) is 0 Å². The lowest BCUT2D eigenvalue weighted by atomic mass is 9.94. The summed E-state index contributed by atoms with van der Waals surface area (Å²) in [4.78, 5) is 35.8. The normalized spacial score (nSPS) is 14.9. The van der Waals surface area contributed by atoms with Gasteiger partial charge >= 0.3 is 5.97 Å². The molecule has 0 unspecified atom stereocenters. The predicted molar refractivity (Wildman–Crippen MR) is 146 cm³/mol. The molecule has 1 fully saturated rings. The monoisotopic (exact) mass is 507 g/mol. The van der Waals surface area contributed by atoms with Crippen LogP contribution in [0.2, 0.25) is 0 Å². The molecule has 0 saturated heterocycles. The zero-order chi connectivity index (χ0) is 27.0. The molecule has 37 heavy (non-hydrogen) atoms. The number of hydrogen-bond acceptors (Lipinski definition) is 5. The van der Waals surface area contributed by atoms with Crippen LogP contribution >= 0.6 is 0 Å². The van der Waals surface area contributed by atoms with Crippen molar-refractivity contribution in [2.24, 2.45) is 0 Å². The number of allylic oxidation sites excluding steroid dienone is 4. The fourth-order valence-electron chi connectivity index (χ4n) is 4.43. The number of aryl methyl sites for hydroxylation is 1. The van der Waals surface area contributed by atoms with Crippen LogP contribution < -0.4 is 4.74 Å². The number of methoxy groups -OCH3 is 1. The quantitative estimate of drug-likeness (QED) is 0.264. The Morgan fingerprint density at radius 2 is 1.78 bits per heavy atom. The Kier molecular flexibility index (Phi) is 9.73. The molecule has 1 amide bonds. The van der Waals surface area contributed by atoms with E-state index in [4.69, 9.17) is 9.47 Å². The van der Waals surface area contributed by atoms with Gasteiger partial charge in [-0.05, 0) is 77.5 Å². The molecular formula is C30H41N3O4. The maximum atomic E-state index is 14.0. The molecule has 1 aromatic heterocycles. The third-order valence-electron chi connectivity index (χ3n) is 7.04. The van der Waals surface area contributed by atoms with E-state index in [9.17, 15) is 9.59 Å². The van der Waals surface area contributed by atoms with Crippen LogP contribution in [-0.2, 0) is 21.5 Å². The molecule has 7 nitrogen and oxygen atoms in total. The first kappa shape index (κ1) is 28.2. The first-order valence-electron chi connectivity index (χ1n) is 13.2. The van der Waals surface area contributed by atoms with Gasteiger partial charge in [0.25, 0.3) is 0 Å². The lowest BCUT2D eigenvalue weighted by Crippen LogP contribution is -2.39. The number of amides is 1. The molecule has 3 rings (SSSR count). The van der Waals surface area contributed by atoms with Gasteiger partial charge in [0, 0.05) is 12.2 Å². The van der Waals surface area contributed by atoms with Crippen LogP contribution in [0.4, 0.5) is 0 Å². The number of hydrogen-bond donors (Lipinski definition) is 1. The molecular weight excluding hydrogens is 466 g/mol. The number of carbonyl (C=O) groups is 2. The van der Waals surface area contributed by atoms with Crippen molar-refractivity contribution in [1.82, 2.24) is 14.9 Å². The third-order valence-corrected chi connectivity index (χ3v) is 7.04. The minimum absolute atomic E-state index is 0.104. The van der Waals surface area contributed by atoms with E-state index < -0.39 is 11.4 Å². The van der Waals surface area contributed by atoms with Gasteiger partial charge in [0.1, 0.15) is 11.6 Å². The molecule has 1 N–H and O–H groups in total. The fraction of sp³-hybridized carbons (Fsp3) is 0.500. The van der Waals surface area contributed by atoms with Crippen molar-refractivity contribution in [3.05, 3.63) is 70.3 Å². The molecule has 0 bridgehead atoms. The molecule has 2 aromatic rings. The summed E-state index contributed by atoms with van der Waals surface area (Å²) in [5.74, 6) is 1.02. The number of carbonyl (C=O) groups excluding carboxylic acids is 2. The molecule has 0 spiro atoms. The average molecular weight is 508 g/mol. The van der Waals surface area contributed by atoms with Crippen molar-refractivity contribution in [2.45, 2.75) is 78.7 Å². The van der Waals surface area contributed by atoms with Crippen molar-refractivity contribution in [3.8, 4) is 5.75 Å². The number of aromatic amines is 1. The number of nitrogens with zero attached hydrogens (tertiary/aromatic N) is 2. The Morgan fingerprint density at radius 1 is 1.11 bits per heavy atom. The molecule has 1 aromatic carbocycles. The second-order valence-electron chi connectivity index (χ2n) is 9.90. The molecule has 0 atom stereocenters. The smallest absolute Gasteiger partial charge is 0.358 e. The third kappa shape index (κ3) is 7.12. The Labute approximate surface area is 221 Å². The topological polar surface area (TPSA) is 84.5 Å². The summed E-state index contributed by atoms with van der Waals surface area (Å²) >= 11 is 0. The van der Waals surface area contributed by atoms with E-state index in [1.54, 1.807) is 21.0 Å². The number of benzene rings is 1. The van der Waals surface area contributed by atoms with Crippen LogP contribution in [-0.4, -0.2) is 47.0 Å². The Hall–Kier alpha value is -3.35. The summed E-state index contributed by atoms with van der Waals surface area (Å²) in [6.07, 6.45) is 8.76. The molecule has 1 aliphatic carbocycles. The van der Waals surface area contributed by atoms with E-state index in [0.717, 1.165) is 43.4 Å². The maximum absolute atomic E-state index is 14.0. The minimum atomic E-state index is -0.510. The number of H-pyrrole nitrogens is 1. The van der Waals surface area contributed by atoms with Crippen LogP contribution in [0.1, 0.15) is 87.4 Å². The predicted octanol–water partition coefficient (Wildman–Crippen LogP) is 6.05. The standard InChI is InChI=1S/C30H41N3O4/c1-7-21(3)11-12-22(4)10-9-19-33(20-26-31-23(5)27(32-26)28(34)37-8-2)29(35)30(17-18-30)24-13-15-25(36-6)16-14-24/h11-16H,7-10,17-20H2,1-6H3,(H,31,32)/b21-11+,22-12+. The van der Waals surface area contributed by atoms with Gasteiger partial charge in [-0.15, -0.1) is 0 Å². The van der Waals surface area contributed by atoms with E-state index in [-0.39, 0.29) is 18.2 Å². The first-order chi connectivity index (χ1) is 17.7. The van der Waals surface area contributed by atoms with Gasteiger partial charge in [-0.2, -0.15) is 0 Å². The van der Waals surface area contributed by atoms with E-state index in [1.165, 1.54) is 11.1 Å². The SMILES string of the molecule is CCOC(=O)c1nc(CN(CCC/C(C)=C/C=C(\C)CC)C(=O)C2(c3ccc(OC)cc3)CC2)[nH]c1C. The largest absolute Gasteiger partial charge is 0.497 e. The van der Waals surface area contributed by atoms with E-state index in [0.29, 0.717) is 24.6 Å². The molecule has 0 radical (unpaired) electrons. The number of rotatable bonds is 13. The maximum Gasteiger partial charge on any atom is 0.358 e. The number of esters is 1. The van der Waals surface area contributed by atoms with E-state index in [1.807, 2.05) is 29.2 Å². The van der Waals surface area contributed by atoms with Gasteiger partial charge in [0.05, 0.1) is 25.7 Å². The Bertz CT molecular complexity index is 1140. The van der Waals surface area contributed by atoms with Crippen LogP contribution in [0, 0.1) is 6.92 Å². The molecule has 200 valence electrons. The zero-order valence-corrected chi connectivity index (χ0v) is 23.1. The highest BCUT2D eigenvalue weighted by atomic mass is 16.5. The number of ether oxygens (including phenoxy) is 2. The Morgan fingerprint density at radius 3 is 2.38 bits per heavy atom. The second-order valence-corrected chi connectivity index (χ2v) is 9.90. The summed E-state index contributed by atoms with van der Waals surface area (Å²) < 4.78 is 10.4. The molecule has 1 heterocycles. The van der Waals surface area contributed by atoms with Crippen LogP contribution in [0.25, 0.3) is 0 Å². The van der Waals surface area contributed by atoms with E-state index in [2.05, 4.69) is 42.9 Å². The average Bonchev–Trinajstić information content (AvgIpc) is 3.63. The second kappa shape index (κ2) is 12.7. The molecule has 0 aliphatic heterocycles. The summed E-state index contributed by atoms with van der Waals surface area (Å²) in [6, 6.07) is 7.81. The summed E-state index contributed by atoms with van der Waals surface area (Å²) in [7, 11) is 1.64. The highest BCUT2D eigenvalue weighted by Gasteiger charge is 2.53. The first-order valence-corrected chi connectivity index (χ1v) is 13.2. The van der Waals surface area contributed by atoms with Gasteiger partial charge < -0.3 is 19.4 Å². The van der Waals surface area contributed by atoms with Gasteiger partial charge in [-0.1, -0.05) is 42.4 Å². The lowest BCUT2D eigenvalue weighted by molar-refractivity contribution is -0.134. The zero-order valence-electron chi connectivity index (χ0n) is 23.1. The minimum Gasteiger partial charge on any atom is -0.497 e. The lowest BCUT2D eigenvalue weighted by Gasteiger charge is -2.27. The molecule has 1 saturated carbocycles. The van der Waals surface area contributed by atoms with Gasteiger partial charge in [-0.3, -0.25) is 4.79 Å². The summed E-state index contributed by atoms with van der Waals surface area (Å²) in [6.45, 7) is 11.2. The Balaban J connectivity index is 1.80. The summed E-state index contributed by atoms with van der Waals surface area (Å²) in [5.41, 5.74) is 4.06. The highest BCUT2D eigenvalue weighted by Crippen LogP contribution is 2.50. The van der Waals surface area contributed by atoms with Crippen LogP contribution in [0.5, 0.6) is 5.75 Å². The number of aromatic nitrogens is 2. The number of imidazole rings is 1.